The summed E-state index contributed by atoms with van der Waals surface area (Å²) in [4.78, 5) is 31.7. The average Bonchev–Trinajstić information content (AvgIpc) is 2.51. The van der Waals surface area contributed by atoms with E-state index in [0.29, 0.717) is 6.29 Å². The third kappa shape index (κ3) is 4.83. The fraction of sp³-hybridized carbons (Fsp3) is 0.385. The highest BCUT2D eigenvalue weighted by Gasteiger charge is 2.28. The number of rotatable bonds is 9. The van der Waals surface area contributed by atoms with Crippen molar-refractivity contribution in [2.24, 2.45) is 11.8 Å². The van der Waals surface area contributed by atoms with Gasteiger partial charge in [0.05, 0.1) is 15.7 Å². The molecule has 0 amide bonds. The molecule has 0 bridgehead atoms. The standard InChI is InChI=1S/C13H16N2O7S/c1-2-9(8-16)12(13(17)18)7-14-23(21,22)11-5-3-10(4-6-11)15(19)20/h3-6,8-9,12,14H,2,7H2,1H3,(H,17,18). The van der Waals surface area contributed by atoms with Gasteiger partial charge in [0.15, 0.2) is 0 Å². The number of benzene rings is 1. The number of hydrogen-bond donors (Lipinski definition) is 2. The lowest BCUT2D eigenvalue weighted by atomic mass is 9.91. The number of carboxylic acids is 1. The SMILES string of the molecule is CCC(C=O)C(CNS(=O)(=O)c1ccc([N+](=O)[O-])cc1)C(=O)O. The van der Waals surface area contributed by atoms with Gasteiger partial charge < -0.3 is 9.90 Å². The van der Waals surface area contributed by atoms with E-state index in [1.54, 1.807) is 6.92 Å². The third-order valence-electron chi connectivity index (χ3n) is 3.33. The summed E-state index contributed by atoms with van der Waals surface area (Å²) in [5.41, 5.74) is -0.264. The molecule has 0 aliphatic carbocycles. The van der Waals surface area contributed by atoms with Crippen molar-refractivity contribution in [2.75, 3.05) is 6.54 Å². The van der Waals surface area contributed by atoms with Crippen LogP contribution in [-0.2, 0) is 19.6 Å². The van der Waals surface area contributed by atoms with Gasteiger partial charge in [-0.05, 0) is 18.6 Å². The van der Waals surface area contributed by atoms with Crippen molar-refractivity contribution >= 4 is 28.0 Å². The molecule has 2 unspecified atom stereocenters. The second kappa shape index (κ2) is 7.79. The first-order chi connectivity index (χ1) is 10.7. The van der Waals surface area contributed by atoms with Gasteiger partial charge in [0.2, 0.25) is 10.0 Å². The molecule has 0 fully saturated rings. The van der Waals surface area contributed by atoms with Gasteiger partial charge in [0, 0.05) is 24.6 Å². The van der Waals surface area contributed by atoms with E-state index in [4.69, 9.17) is 5.11 Å². The predicted molar refractivity (Wildman–Crippen MR) is 79.3 cm³/mol. The van der Waals surface area contributed by atoms with Gasteiger partial charge in [0.25, 0.3) is 5.69 Å². The Hall–Kier alpha value is -2.33. The molecule has 0 saturated heterocycles. The van der Waals surface area contributed by atoms with E-state index in [0.717, 1.165) is 24.3 Å². The number of aldehydes is 1. The van der Waals surface area contributed by atoms with E-state index in [1.165, 1.54) is 0 Å². The highest BCUT2D eigenvalue weighted by molar-refractivity contribution is 7.89. The number of hydrogen-bond acceptors (Lipinski definition) is 6. The van der Waals surface area contributed by atoms with Crippen LogP contribution in [0.25, 0.3) is 0 Å². The summed E-state index contributed by atoms with van der Waals surface area (Å²) in [6, 6.07) is 4.16. The summed E-state index contributed by atoms with van der Waals surface area (Å²) in [5.74, 6) is -3.28. The molecule has 1 aromatic rings. The van der Waals surface area contributed by atoms with Crippen molar-refractivity contribution in [1.29, 1.82) is 0 Å². The largest absolute Gasteiger partial charge is 0.481 e. The summed E-state index contributed by atoms with van der Waals surface area (Å²) in [5, 5.41) is 19.6. The highest BCUT2D eigenvalue weighted by Crippen LogP contribution is 2.17. The molecule has 1 aromatic carbocycles. The van der Waals surface area contributed by atoms with Gasteiger partial charge in [0.1, 0.15) is 6.29 Å². The first-order valence-corrected chi connectivity index (χ1v) is 8.13. The number of non-ortho nitro benzene ring substituents is 1. The number of nitro benzene ring substituents is 1. The minimum absolute atomic E-state index is 0.230. The number of carbonyl (C=O) groups excluding carboxylic acids is 1. The lowest BCUT2D eigenvalue weighted by Crippen LogP contribution is -2.37. The molecule has 0 aliphatic heterocycles. The fourth-order valence-electron chi connectivity index (χ4n) is 1.93. The third-order valence-corrected chi connectivity index (χ3v) is 4.77. The Balaban J connectivity index is 2.90. The monoisotopic (exact) mass is 344 g/mol. The zero-order valence-corrected chi connectivity index (χ0v) is 13.0. The topological polar surface area (TPSA) is 144 Å². The van der Waals surface area contributed by atoms with Gasteiger partial charge in [-0.3, -0.25) is 14.9 Å². The van der Waals surface area contributed by atoms with Crippen LogP contribution in [0.4, 0.5) is 5.69 Å². The van der Waals surface area contributed by atoms with Crippen LogP contribution in [0.5, 0.6) is 0 Å². The van der Waals surface area contributed by atoms with Crippen molar-refractivity contribution in [1.82, 2.24) is 4.72 Å². The van der Waals surface area contributed by atoms with Crippen LogP contribution in [-0.4, -0.2) is 37.2 Å². The molecule has 0 saturated carbocycles. The van der Waals surface area contributed by atoms with Gasteiger partial charge in [-0.1, -0.05) is 6.92 Å². The molecule has 2 N–H and O–H groups in total. The molecule has 10 heteroatoms. The summed E-state index contributed by atoms with van der Waals surface area (Å²) in [7, 11) is -4.03. The number of carboxylic acid groups (broad SMARTS) is 1. The zero-order valence-electron chi connectivity index (χ0n) is 12.2. The van der Waals surface area contributed by atoms with Crippen LogP contribution in [0.1, 0.15) is 13.3 Å². The Morgan fingerprint density at radius 1 is 1.39 bits per heavy atom. The molecule has 1 rings (SSSR count). The maximum Gasteiger partial charge on any atom is 0.308 e. The quantitative estimate of drug-likeness (QED) is 0.383. The Kier molecular flexibility index (Phi) is 6.34. The molecule has 2 atom stereocenters. The number of aliphatic carboxylic acids is 1. The van der Waals surface area contributed by atoms with Crippen molar-refractivity contribution in [3.8, 4) is 0 Å². The maximum atomic E-state index is 12.1. The molecule has 126 valence electrons. The number of nitrogens with zero attached hydrogens (tertiary/aromatic N) is 1. The number of carbonyl (C=O) groups is 2. The van der Waals surface area contributed by atoms with Gasteiger partial charge in [-0.2, -0.15) is 0 Å². The van der Waals surface area contributed by atoms with Crippen LogP contribution in [0.15, 0.2) is 29.2 Å². The molecule has 0 radical (unpaired) electrons. The summed E-state index contributed by atoms with van der Waals surface area (Å²) in [6.07, 6.45) is 0.749. The van der Waals surface area contributed by atoms with E-state index in [1.807, 2.05) is 0 Å². The second-order valence-corrected chi connectivity index (χ2v) is 6.52. The summed E-state index contributed by atoms with van der Waals surface area (Å²) < 4.78 is 26.3. The van der Waals surface area contributed by atoms with E-state index < -0.39 is 39.3 Å². The first kappa shape index (κ1) is 18.7. The summed E-state index contributed by atoms with van der Waals surface area (Å²) >= 11 is 0. The molecular weight excluding hydrogens is 328 g/mol. The fourth-order valence-corrected chi connectivity index (χ4v) is 2.99. The van der Waals surface area contributed by atoms with Crippen molar-refractivity contribution in [2.45, 2.75) is 18.2 Å². The predicted octanol–water partition coefficient (Wildman–Crippen LogP) is 0.799. The van der Waals surface area contributed by atoms with E-state index in [2.05, 4.69) is 4.72 Å². The van der Waals surface area contributed by atoms with Crippen molar-refractivity contribution in [3.63, 3.8) is 0 Å². The van der Waals surface area contributed by atoms with Crippen LogP contribution in [0.2, 0.25) is 0 Å². The highest BCUT2D eigenvalue weighted by atomic mass is 32.2. The number of nitro groups is 1. The smallest absolute Gasteiger partial charge is 0.308 e. The Morgan fingerprint density at radius 3 is 2.35 bits per heavy atom. The van der Waals surface area contributed by atoms with Crippen LogP contribution >= 0.6 is 0 Å². The molecule has 0 spiro atoms. The summed E-state index contributed by atoms with van der Waals surface area (Å²) in [6.45, 7) is 1.17. The first-order valence-electron chi connectivity index (χ1n) is 6.65. The maximum absolute atomic E-state index is 12.1. The molecule has 23 heavy (non-hydrogen) atoms. The van der Waals surface area contributed by atoms with Crippen molar-refractivity contribution < 1.29 is 28.0 Å². The normalized spacial score (nSPS) is 14.0. The van der Waals surface area contributed by atoms with Gasteiger partial charge in [-0.25, -0.2) is 13.1 Å². The van der Waals surface area contributed by atoms with Crippen LogP contribution < -0.4 is 4.72 Å². The zero-order chi connectivity index (χ0) is 17.6. The molecule has 0 heterocycles. The number of nitrogens with one attached hydrogen (secondary N) is 1. The lowest BCUT2D eigenvalue weighted by Gasteiger charge is -2.18. The van der Waals surface area contributed by atoms with Crippen LogP contribution in [0.3, 0.4) is 0 Å². The Morgan fingerprint density at radius 2 is 1.96 bits per heavy atom. The van der Waals surface area contributed by atoms with E-state index >= 15 is 0 Å². The van der Waals surface area contributed by atoms with Gasteiger partial charge >= 0.3 is 5.97 Å². The Labute approximate surface area is 132 Å². The average molecular weight is 344 g/mol. The van der Waals surface area contributed by atoms with E-state index in [9.17, 15) is 28.1 Å². The molecule has 0 aliphatic rings. The molecule has 0 aromatic heterocycles. The Bertz CT molecular complexity index is 685. The molecule has 9 nitrogen and oxygen atoms in total. The minimum atomic E-state index is -4.03. The van der Waals surface area contributed by atoms with Crippen molar-refractivity contribution in [3.05, 3.63) is 34.4 Å². The number of sulfonamides is 1. The molecular formula is C13H16N2O7S. The van der Waals surface area contributed by atoms with Crippen LogP contribution in [0, 0.1) is 22.0 Å². The lowest BCUT2D eigenvalue weighted by molar-refractivity contribution is -0.384. The van der Waals surface area contributed by atoms with E-state index in [-0.39, 0.29) is 17.0 Å². The minimum Gasteiger partial charge on any atom is -0.481 e. The van der Waals surface area contributed by atoms with Gasteiger partial charge in [-0.15, -0.1) is 0 Å². The second-order valence-electron chi connectivity index (χ2n) is 4.76.